The molecule has 0 atom stereocenters. The van der Waals surface area contributed by atoms with Gasteiger partial charge in [-0.25, -0.2) is 9.78 Å². The number of aryl methyl sites for hydroxylation is 1. The van der Waals surface area contributed by atoms with Crippen molar-refractivity contribution in [2.75, 3.05) is 12.3 Å². The van der Waals surface area contributed by atoms with Gasteiger partial charge >= 0.3 is 5.97 Å². The third-order valence-corrected chi connectivity index (χ3v) is 2.83. The molecule has 2 N–H and O–H groups in total. The lowest BCUT2D eigenvalue weighted by molar-refractivity contribution is 0.0526. The molecule has 2 rings (SSSR count). The Morgan fingerprint density at radius 2 is 2.21 bits per heavy atom. The van der Waals surface area contributed by atoms with Gasteiger partial charge in [0.15, 0.2) is 0 Å². The van der Waals surface area contributed by atoms with E-state index in [4.69, 9.17) is 10.5 Å². The van der Waals surface area contributed by atoms with Crippen molar-refractivity contribution in [3.8, 4) is 5.69 Å². The maximum absolute atomic E-state index is 11.6. The Morgan fingerprint density at radius 1 is 1.42 bits per heavy atom. The number of anilines is 1. The number of nitrogens with two attached hydrogens (primary N) is 1. The van der Waals surface area contributed by atoms with Gasteiger partial charge in [-0.2, -0.15) is 0 Å². The van der Waals surface area contributed by atoms with Crippen LogP contribution in [0.4, 0.5) is 5.69 Å². The van der Waals surface area contributed by atoms with Gasteiger partial charge in [-0.05, 0) is 25.1 Å². The summed E-state index contributed by atoms with van der Waals surface area (Å²) in [7, 11) is 0. The Kier molecular flexibility index (Phi) is 3.85. The van der Waals surface area contributed by atoms with Gasteiger partial charge in [0, 0.05) is 18.8 Å². The topological polar surface area (TPSA) is 70.1 Å². The fourth-order valence-electron chi connectivity index (χ4n) is 1.93. The lowest BCUT2D eigenvalue weighted by Crippen LogP contribution is -2.08. The maximum Gasteiger partial charge on any atom is 0.338 e. The first-order chi connectivity index (χ1) is 9.17. The highest BCUT2D eigenvalue weighted by molar-refractivity contribution is 5.91. The van der Waals surface area contributed by atoms with Gasteiger partial charge in [0.1, 0.15) is 5.82 Å². The maximum atomic E-state index is 11.6. The van der Waals surface area contributed by atoms with Gasteiger partial charge in [0.2, 0.25) is 0 Å². The summed E-state index contributed by atoms with van der Waals surface area (Å²) in [5, 5.41) is 0. The third kappa shape index (κ3) is 2.59. The number of nitrogens with zero attached hydrogens (tertiary/aromatic N) is 2. The van der Waals surface area contributed by atoms with Crippen molar-refractivity contribution in [1.29, 1.82) is 0 Å². The molecule has 0 saturated carbocycles. The molecule has 0 aliphatic heterocycles. The Morgan fingerprint density at radius 3 is 2.84 bits per heavy atom. The summed E-state index contributed by atoms with van der Waals surface area (Å²) in [6.07, 6.45) is 4.40. The molecule has 0 fully saturated rings. The molecule has 0 spiro atoms. The number of hydrogen-bond acceptors (Lipinski definition) is 4. The molecule has 0 aliphatic carbocycles. The van der Waals surface area contributed by atoms with E-state index in [-0.39, 0.29) is 5.97 Å². The number of benzene rings is 1. The van der Waals surface area contributed by atoms with E-state index in [1.165, 1.54) is 0 Å². The van der Waals surface area contributed by atoms with Crippen molar-refractivity contribution in [2.45, 2.75) is 20.3 Å². The van der Waals surface area contributed by atoms with Gasteiger partial charge in [-0.3, -0.25) is 0 Å². The molecular weight excluding hydrogens is 242 g/mol. The van der Waals surface area contributed by atoms with Gasteiger partial charge in [0.05, 0.1) is 23.5 Å². The summed E-state index contributed by atoms with van der Waals surface area (Å²) >= 11 is 0. The van der Waals surface area contributed by atoms with Crippen molar-refractivity contribution < 1.29 is 9.53 Å². The molecule has 100 valence electrons. The normalized spacial score (nSPS) is 10.4. The zero-order valence-electron chi connectivity index (χ0n) is 11.1. The van der Waals surface area contributed by atoms with E-state index in [9.17, 15) is 4.79 Å². The average molecular weight is 259 g/mol. The predicted octanol–water partition coefficient (Wildman–Crippen LogP) is 2.19. The third-order valence-electron chi connectivity index (χ3n) is 2.83. The molecule has 0 bridgehead atoms. The Bertz CT molecular complexity index is 590. The number of esters is 1. The fraction of sp³-hybridized carbons (Fsp3) is 0.286. The van der Waals surface area contributed by atoms with Crippen LogP contribution < -0.4 is 5.73 Å². The van der Waals surface area contributed by atoms with Crippen LogP contribution >= 0.6 is 0 Å². The lowest BCUT2D eigenvalue weighted by atomic mass is 10.1. The van der Waals surface area contributed by atoms with Gasteiger partial charge in [0.25, 0.3) is 0 Å². The van der Waals surface area contributed by atoms with Crippen molar-refractivity contribution in [3.63, 3.8) is 0 Å². The number of nitrogen functional groups attached to an aromatic ring is 1. The summed E-state index contributed by atoms with van der Waals surface area (Å²) in [5.74, 6) is 0.567. The first-order valence-electron chi connectivity index (χ1n) is 6.26. The van der Waals surface area contributed by atoms with Crippen LogP contribution in [0.3, 0.4) is 0 Å². The molecule has 1 heterocycles. The standard InChI is InChI=1S/C14H17N3O2/c1-3-13-16-7-8-17(13)12-6-5-10(9-11(12)15)14(18)19-4-2/h5-9H,3-4,15H2,1-2H3. The predicted molar refractivity (Wildman–Crippen MR) is 73.3 cm³/mol. The van der Waals surface area contributed by atoms with Crippen molar-refractivity contribution >= 4 is 11.7 Å². The van der Waals surface area contributed by atoms with Crippen LogP contribution in [-0.4, -0.2) is 22.1 Å². The second-order valence-corrected chi connectivity index (χ2v) is 4.06. The largest absolute Gasteiger partial charge is 0.462 e. The molecule has 0 radical (unpaired) electrons. The van der Waals surface area contributed by atoms with E-state index in [1.807, 2.05) is 23.8 Å². The molecule has 0 saturated heterocycles. The number of hydrogen-bond donors (Lipinski definition) is 1. The minimum Gasteiger partial charge on any atom is -0.462 e. The molecule has 5 nitrogen and oxygen atoms in total. The molecule has 0 unspecified atom stereocenters. The Balaban J connectivity index is 2.37. The summed E-state index contributed by atoms with van der Waals surface area (Å²) in [5.41, 5.74) is 7.82. The SMILES string of the molecule is CCOC(=O)c1ccc(-n2ccnc2CC)c(N)c1. The number of aromatic nitrogens is 2. The van der Waals surface area contributed by atoms with Gasteiger partial charge in [-0.15, -0.1) is 0 Å². The van der Waals surface area contributed by atoms with Crippen LogP contribution in [0.15, 0.2) is 30.6 Å². The van der Waals surface area contributed by atoms with Crippen LogP contribution in [0.2, 0.25) is 0 Å². The molecule has 0 aliphatic rings. The highest BCUT2D eigenvalue weighted by Crippen LogP contribution is 2.21. The monoisotopic (exact) mass is 259 g/mol. The van der Waals surface area contributed by atoms with Gasteiger partial charge < -0.3 is 15.0 Å². The van der Waals surface area contributed by atoms with Crippen LogP contribution in [0.5, 0.6) is 0 Å². The van der Waals surface area contributed by atoms with Crippen LogP contribution in [0, 0.1) is 0 Å². The van der Waals surface area contributed by atoms with Crippen molar-refractivity contribution in [3.05, 3.63) is 42.0 Å². The zero-order chi connectivity index (χ0) is 13.8. The van der Waals surface area contributed by atoms with Crippen LogP contribution in [0.1, 0.15) is 30.0 Å². The molecule has 0 amide bonds. The number of rotatable bonds is 4. The van der Waals surface area contributed by atoms with Crippen LogP contribution in [-0.2, 0) is 11.2 Å². The summed E-state index contributed by atoms with van der Waals surface area (Å²) in [6, 6.07) is 5.15. The van der Waals surface area contributed by atoms with E-state index in [0.29, 0.717) is 17.9 Å². The average Bonchev–Trinajstić information content (AvgIpc) is 2.87. The molecule has 2 aromatic rings. The van der Waals surface area contributed by atoms with Crippen LogP contribution in [0.25, 0.3) is 5.69 Å². The number of carbonyl (C=O) groups excluding carboxylic acids is 1. The minimum atomic E-state index is -0.359. The molecule has 1 aromatic carbocycles. The smallest absolute Gasteiger partial charge is 0.338 e. The first kappa shape index (κ1) is 13.1. The fourth-order valence-corrected chi connectivity index (χ4v) is 1.93. The summed E-state index contributed by atoms with van der Waals surface area (Å²) in [4.78, 5) is 15.9. The number of carbonyl (C=O) groups is 1. The Labute approximate surface area is 112 Å². The van der Waals surface area contributed by atoms with Crippen molar-refractivity contribution in [1.82, 2.24) is 9.55 Å². The highest BCUT2D eigenvalue weighted by atomic mass is 16.5. The van der Waals surface area contributed by atoms with E-state index in [1.54, 1.807) is 25.3 Å². The van der Waals surface area contributed by atoms with Gasteiger partial charge in [-0.1, -0.05) is 6.92 Å². The van der Waals surface area contributed by atoms with E-state index in [0.717, 1.165) is 17.9 Å². The second kappa shape index (κ2) is 5.56. The molecule has 19 heavy (non-hydrogen) atoms. The summed E-state index contributed by atoms with van der Waals surface area (Å²) < 4.78 is 6.87. The molecular formula is C14H17N3O2. The first-order valence-corrected chi connectivity index (χ1v) is 6.26. The number of ether oxygens (including phenoxy) is 1. The minimum absolute atomic E-state index is 0.349. The van der Waals surface area contributed by atoms with E-state index in [2.05, 4.69) is 4.98 Å². The highest BCUT2D eigenvalue weighted by Gasteiger charge is 2.11. The lowest BCUT2D eigenvalue weighted by Gasteiger charge is -2.11. The van der Waals surface area contributed by atoms with E-state index < -0.39 is 0 Å². The Hall–Kier alpha value is -2.30. The molecule has 1 aromatic heterocycles. The van der Waals surface area contributed by atoms with Crippen molar-refractivity contribution in [2.24, 2.45) is 0 Å². The quantitative estimate of drug-likeness (QED) is 0.675. The zero-order valence-corrected chi connectivity index (χ0v) is 11.1. The second-order valence-electron chi connectivity index (χ2n) is 4.06. The number of imidazole rings is 1. The van der Waals surface area contributed by atoms with E-state index >= 15 is 0 Å². The summed E-state index contributed by atoms with van der Waals surface area (Å²) in [6.45, 7) is 4.15. The molecule has 5 heteroatoms.